The molecular formula is C8H15N3O3. The van der Waals surface area contributed by atoms with Crippen molar-refractivity contribution in [3.63, 3.8) is 0 Å². The summed E-state index contributed by atoms with van der Waals surface area (Å²) in [4.78, 5) is 11.0. The van der Waals surface area contributed by atoms with E-state index in [1.165, 1.54) is 0 Å². The molecule has 0 radical (unpaired) electrons. The van der Waals surface area contributed by atoms with E-state index in [0.29, 0.717) is 6.54 Å². The van der Waals surface area contributed by atoms with Gasteiger partial charge in [0.1, 0.15) is 0 Å². The second-order valence-corrected chi connectivity index (χ2v) is 2.70. The topological polar surface area (TPSA) is 105 Å². The molecule has 0 atom stereocenters. The lowest BCUT2D eigenvalue weighted by molar-refractivity contribution is -0.120. The zero-order valence-corrected chi connectivity index (χ0v) is 7.86. The van der Waals surface area contributed by atoms with Gasteiger partial charge in [-0.15, -0.1) is 0 Å². The van der Waals surface area contributed by atoms with Gasteiger partial charge < -0.3 is 20.8 Å². The molecule has 4 N–H and O–H groups in total. The van der Waals surface area contributed by atoms with Crippen molar-refractivity contribution in [2.75, 3.05) is 26.3 Å². The Labute approximate surface area is 82.5 Å². The highest BCUT2D eigenvalue weighted by molar-refractivity contribution is 5.77. The van der Waals surface area contributed by atoms with E-state index in [1.54, 1.807) is 0 Å². The number of carbonyl (C=O) groups is 1. The van der Waals surface area contributed by atoms with Crippen LogP contribution in [0.2, 0.25) is 0 Å². The van der Waals surface area contributed by atoms with Crippen LogP contribution in [0.15, 0.2) is 0 Å². The number of nitrogens with zero attached hydrogens (tertiary/aromatic N) is 1. The summed E-state index contributed by atoms with van der Waals surface area (Å²) in [6.07, 6.45) is 0.273. The van der Waals surface area contributed by atoms with Crippen LogP contribution < -0.4 is 10.6 Å². The number of hydrogen-bond acceptors (Lipinski definition) is 5. The highest BCUT2D eigenvalue weighted by Gasteiger charge is 2.06. The van der Waals surface area contributed by atoms with E-state index in [4.69, 9.17) is 15.5 Å². The summed E-state index contributed by atoms with van der Waals surface area (Å²) in [6, 6.07) is 1.42. The third-order valence-electron chi connectivity index (χ3n) is 1.55. The molecule has 1 amide bonds. The molecule has 0 fully saturated rings. The Bertz CT molecular complexity index is 198. The molecule has 0 bridgehead atoms. The molecule has 14 heavy (non-hydrogen) atoms. The van der Waals surface area contributed by atoms with Gasteiger partial charge in [-0.2, -0.15) is 5.26 Å². The zero-order valence-electron chi connectivity index (χ0n) is 7.86. The SMILES string of the molecule is N#CCCNC(=O)CNC(CO)CO. The van der Waals surface area contributed by atoms with Crippen LogP contribution in [-0.2, 0) is 4.79 Å². The fourth-order valence-corrected chi connectivity index (χ4v) is 0.744. The van der Waals surface area contributed by atoms with E-state index >= 15 is 0 Å². The van der Waals surface area contributed by atoms with Crippen LogP contribution in [0.1, 0.15) is 6.42 Å². The number of aliphatic hydroxyl groups excluding tert-OH is 2. The number of carbonyl (C=O) groups excluding carboxylic acids is 1. The minimum atomic E-state index is -0.475. The average molecular weight is 201 g/mol. The largest absolute Gasteiger partial charge is 0.395 e. The van der Waals surface area contributed by atoms with Crippen molar-refractivity contribution >= 4 is 5.91 Å². The molecule has 0 unspecified atom stereocenters. The van der Waals surface area contributed by atoms with Gasteiger partial charge in [0.25, 0.3) is 0 Å². The smallest absolute Gasteiger partial charge is 0.234 e. The highest BCUT2D eigenvalue weighted by atomic mass is 16.3. The van der Waals surface area contributed by atoms with E-state index < -0.39 is 6.04 Å². The molecule has 80 valence electrons. The van der Waals surface area contributed by atoms with Crippen molar-refractivity contribution in [2.45, 2.75) is 12.5 Å². The number of aliphatic hydroxyl groups is 2. The lowest BCUT2D eigenvalue weighted by Crippen LogP contribution is -2.42. The van der Waals surface area contributed by atoms with Gasteiger partial charge in [-0.1, -0.05) is 0 Å². The van der Waals surface area contributed by atoms with Crippen LogP contribution in [0.4, 0.5) is 0 Å². The first-order valence-electron chi connectivity index (χ1n) is 4.33. The highest BCUT2D eigenvalue weighted by Crippen LogP contribution is 1.78. The van der Waals surface area contributed by atoms with Crippen LogP contribution in [0.3, 0.4) is 0 Å². The van der Waals surface area contributed by atoms with Gasteiger partial charge in [0.05, 0.1) is 38.3 Å². The summed E-state index contributed by atoms with van der Waals surface area (Å²) in [5, 5.41) is 30.7. The first kappa shape index (κ1) is 12.8. The summed E-state index contributed by atoms with van der Waals surface area (Å²) >= 11 is 0. The van der Waals surface area contributed by atoms with Crippen LogP contribution in [-0.4, -0.2) is 48.5 Å². The van der Waals surface area contributed by atoms with Gasteiger partial charge in [0.2, 0.25) is 5.91 Å². The molecule has 0 saturated heterocycles. The van der Waals surface area contributed by atoms with Crippen LogP contribution in [0.5, 0.6) is 0 Å². The van der Waals surface area contributed by atoms with Gasteiger partial charge in [-0.25, -0.2) is 0 Å². The summed E-state index contributed by atoms with van der Waals surface area (Å²) in [5.41, 5.74) is 0. The molecule has 0 aliphatic carbocycles. The van der Waals surface area contributed by atoms with Crippen molar-refractivity contribution in [2.24, 2.45) is 0 Å². The molecule has 0 aliphatic heterocycles. The molecule has 0 rings (SSSR count). The lowest BCUT2D eigenvalue weighted by Gasteiger charge is -2.12. The van der Waals surface area contributed by atoms with Crippen molar-refractivity contribution in [1.29, 1.82) is 5.26 Å². The van der Waals surface area contributed by atoms with Gasteiger partial charge in [-0.3, -0.25) is 4.79 Å². The maximum absolute atomic E-state index is 11.0. The summed E-state index contributed by atoms with van der Waals surface area (Å²) in [7, 11) is 0. The van der Waals surface area contributed by atoms with Gasteiger partial charge in [0, 0.05) is 6.54 Å². The first-order valence-corrected chi connectivity index (χ1v) is 4.33. The van der Waals surface area contributed by atoms with E-state index in [2.05, 4.69) is 10.6 Å². The monoisotopic (exact) mass is 201 g/mol. The summed E-state index contributed by atoms with van der Waals surface area (Å²) < 4.78 is 0. The molecule has 6 nitrogen and oxygen atoms in total. The second-order valence-electron chi connectivity index (χ2n) is 2.70. The van der Waals surface area contributed by atoms with E-state index in [9.17, 15) is 4.79 Å². The van der Waals surface area contributed by atoms with Crippen LogP contribution in [0.25, 0.3) is 0 Å². The number of amides is 1. The van der Waals surface area contributed by atoms with E-state index in [-0.39, 0.29) is 32.1 Å². The van der Waals surface area contributed by atoms with Gasteiger partial charge in [0.15, 0.2) is 0 Å². The quantitative estimate of drug-likeness (QED) is 0.355. The first-order chi connectivity index (χ1) is 6.74. The molecule has 0 spiro atoms. The third-order valence-corrected chi connectivity index (χ3v) is 1.55. The van der Waals surface area contributed by atoms with Crippen molar-refractivity contribution < 1.29 is 15.0 Å². The number of nitrogens with one attached hydrogen (secondary N) is 2. The Kier molecular flexibility index (Phi) is 7.74. The Morgan fingerprint density at radius 1 is 1.43 bits per heavy atom. The Morgan fingerprint density at radius 2 is 2.07 bits per heavy atom. The molecule has 6 heteroatoms. The van der Waals surface area contributed by atoms with Gasteiger partial charge >= 0.3 is 0 Å². The minimum Gasteiger partial charge on any atom is -0.395 e. The second kappa shape index (κ2) is 8.44. The summed E-state index contributed by atoms with van der Waals surface area (Å²) in [5.74, 6) is -0.257. The average Bonchev–Trinajstić information content (AvgIpc) is 2.20. The Hall–Kier alpha value is -1.16. The van der Waals surface area contributed by atoms with Crippen LogP contribution >= 0.6 is 0 Å². The molecule has 0 aliphatic rings. The minimum absolute atomic E-state index is 0.0250. The van der Waals surface area contributed by atoms with E-state index in [0.717, 1.165) is 0 Å². The predicted molar refractivity (Wildman–Crippen MR) is 49.2 cm³/mol. The Balaban J connectivity index is 3.48. The standard InChI is InChI=1S/C8H15N3O3/c9-2-1-3-10-8(14)4-11-7(5-12)6-13/h7,11-13H,1,3-6H2,(H,10,14). The fraction of sp³-hybridized carbons (Fsp3) is 0.750. The zero-order chi connectivity index (χ0) is 10.8. The molecule has 0 aromatic carbocycles. The molecule has 0 saturated carbocycles. The van der Waals surface area contributed by atoms with Crippen molar-refractivity contribution in [3.8, 4) is 6.07 Å². The number of hydrogen-bond donors (Lipinski definition) is 4. The molecule has 0 aromatic rings. The molecule has 0 heterocycles. The maximum atomic E-state index is 11.0. The molecular weight excluding hydrogens is 186 g/mol. The number of rotatable bonds is 7. The Morgan fingerprint density at radius 3 is 2.57 bits per heavy atom. The lowest BCUT2D eigenvalue weighted by atomic mass is 10.3. The number of nitriles is 1. The van der Waals surface area contributed by atoms with Crippen molar-refractivity contribution in [3.05, 3.63) is 0 Å². The van der Waals surface area contributed by atoms with Crippen molar-refractivity contribution in [1.82, 2.24) is 10.6 Å². The van der Waals surface area contributed by atoms with E-state index in [1.807, 2.05) is 6.07 Å². The van der Waals surface area contributed by atoms with Gasteiger partial charge in [-0.05, 0) is 0 Å². The maximum Gasteiger partial charge on any atom is 0.234 e. The molecule has 0 aromatic heterocycles. The van der Waals surface area contributed by atoms with Crippen LogP contribution in [0, 0.1) is 11.3 Å². The summed E-state index contributed by atoms with van der Waals surface area (Å²) in [6.45, 7) is -0.0961. The predicted octanol–water partition coefficient (Wildman–Crippen LogP) is -2.04. The third kappa shape index (κ3) is 6.37. The fourth-order valence-electron chi connectivity index (χ4n) is 0.744. The normalized spacial score (nSPS) is 9.86.